The molecule has 4 nitrogen and oxygen atoms in total. The first kappa shape index (κ1) is 13.6. The summed E-state index contributed by atoms with van der Waals surface area (Å²) in [5.74, 6) is 0. The molecule has 102 valence electrons. The smallest absolute Gasteiger partial charge is 0.0359 e. The van der Waals surface area contributed by atoms with Crippen LogP contribution in [0.3, 0.4) is 0 Å². The zero-order chi connectivity index (χ0) is 12.8. The Hall–Kier alpha value is -0.840. The Morgan fingerprint density at radius 2 is 1.94 bits per heavy atom. The molecule has 1 aliphatic heterocycles. The summed E-state index contributed by atoms with van der Waals surface area (Å²) in [6, 6.07) is 4.27. The molecule has 1 saturated heterocycles. The van der Waals surface area contributed by atoms with Gasteiger partial charge in [-0.05, 0) is 38.7 Å². The van der Waals surface area contributed by atoms with Crippen molar-refractivity contribution < 1.29 is 0 Å². The number of aromatic nitrogens is 1. The number of hydrogen-bond acceptors (Lipinski definition) is 3. The lowest BCUT2D eigenvalue weighted by Crippen LogP contribution is -2.45. The predicted molar refractivity (Wildman–Crippen MR) is 75.7 cm³/mol. The van der Waals surface area contributed by atoms with E-state index >= 15 is 0 Å². The molecule has 0 radical (unpaired) electrons. The molecule has 0 aromatic carbocycles. The van der Waals surface area contributed by atoms with Crippen LogP contribution in [0.5, 0.6) is 0 Å². The van der Waals surface area contributed by atoms with Gasteiger partial charge in [-0.15, -0.1) is 0 Å². The fraction of sp³-hybridized carbons (Fsp3) is 0.714. The summed E-state index contributed by atoms with van der Waals surface area (Å²) >= 11 is 0. The summed E-state index contributed by atoms with van der Waals surface area (Å²) < 4.78 is 2.17. The van der Waals surface area contributed by atoms with Crippen LogP contribution in [0.25, 0.3) is 0 Å². The van der Waals surface area contributed by atoms with Crippen molar-refractivity contribution in [2.75, 3.05) is 46.3 Å². The van der Waals surface area contributed by atoms with Crippen LogP contribution in [0.4, 0.5) is 0 Å². The molecule has 2 heterocycles. The summed E-state index contributed by atoms with van der Waals surface area (Å²) in [5, 5.41) is 3.52. The summed E-state index contributed by atoms with van der Waals surface area (Å²) in [6.45, 7) is 8.22. The Morgan fingerprint density at radius 1 is 1.17 bits per heavy atom. The van der Waals surface area contributed by atoms with E-state index in [1.807, 2.05) is 0 Å². The van der Waals surface area contributed by atoms with E-state index in [1.54, 1.807) is 0 Å². The molecule has 0 saturated carbocycles. The SMILES string of the molecule is CN1CCN(CCCNCc2cccn2C)CC1. The molecule has 18 heavy (non-hydrogen) atoms. The molecule has 0 atom stereocenters. The van der Waals surface area contributed by atoms with Crippen molar-refractivity contribution in [2.24, 2.45) is 7.05 Å². The summed E-state index contributed by atoms with van der Waals surface area (Å²) in [6.07, 6.45) is 3.34. The van der Waals surface area contributed by atoms with E-state index in [1.165, 1.54) is 44.8 Å². The van der Waals surface area contributed by atoms with Gasteiger partial charge in [0.05, 0.1) is 0 Å². The fourth-order valence-corrected chi connectivity index (χ4v) is 2.40. The summed E-state index contributed by atoms with van der Waals surface area (Å²) in [7, 11) is 4.31. The highest BCUT2D eigenvalue weighted by atomic mass is 15.2. The van der Waals surface area contributed by atoms with Crippen LogP contribution >= 0.6 is 0 Å². The van der Waals surface area contributed by atoms with Gasteiger partial charge in [0, 0.05) is 51.7 Å². The highest BCUT2D eigenvalue weighted by molar-refractivity contribution is 5.05. The molecule has 0 spiro atoms. The van der Waals surface area contributed by atoms with Gasteiger partial charge in [0.25, 0.3) is 0 Å². The summed E-state index contributed by atoms with van der Waals surface area (Å²) in [5.41, 5.74) is 1.36. The molecule has 1 fully saturated rings. The number of nitrogens with one attached hydrogen (secondary N) is 1. The maximum atomic E-state index is 3.52. The van der Waals surface area contributed by atoms with Crippen LogP contribution in [0.1, 0.15) is 12.1 Å². The third-order valence-corrected chi connectivity index (χ3v) is 3.78. The molecule has 1 aromatic heterocycles. The van der Waals surface area contributed by atoms with E-state index in [-0.39, 0.29) is 0 Å². The van der Waals surface area contributed by atoms with Gasteiger partial charge in [0.15, 0.2) is 0 Å². The molecule has 2 rings (SSSR count). The van der Waals surface area contributed by atoms with E-state index in [2.05, 4.69) is 52.1 Å². The first-order valence-electron chi connectivity index (χ1n) is 6.97. The standard InChI is InChI=1S/C14H26N4/c1-16-9-11-18(12-10-16)8-4-6-15-13-14-5-3-7-17(14)2/h3,5,7,15H,4,6,8-13H2,1-2H3. The second-order valence-electron chi connectivity index (χ2n) is 5.29. The number of aryl methyl sites for hydroxylation is 1. The van der Waals surface area contributed by atoms with Crippen LogP contribution in [0.15, 0.2) is 18.3 Å². The highest BCUT2D eigenvalue weighted by Gasteiger charge is 2.12. The zero-order valence-electron chi connectivity index (χ0n) is 11.7. The molecule has 0 unspecified atom stereocenters. The Labute approximate surface area is 111 Å². The van der Waals surface area contributed by atoms with Crippen molar-refractivity contribution in [3.63, 3.8) is 0 Å². The maximum Gasteiger partial charge on any atom is 0.0359 e. The largest absolute Gasteiger partial charge is 0.353 e. The molecule has 1 aliphatic rings. The van der Waals surface area contributed by atoms with E-state index in [0.717, 1.165) is 13.1 Å². The minimum atomic E-state index is 0.978. The Balaban J connectivity index is 1.53. The molecular formula is C14H26N4. The van der Waals surface area contributed by atoms with Gasteiger partial charge in [-0.25, -0.2) is 0 Å². The first-order chi connectivity index (χ1) is 8.75. The van der Waals surface area contributed by atoms with E-state index in [9.17, 15) is 0 Å². The van der Waals surface area contributed by atoms with Gasteiger partial charge in [0.1, 0.15) is 0 Å². The topological polar surface area (TPSA) is 23.4 Å². The van der Waals surface area contributed by atoms with Gasteiger partial charge in [-0.3, -0.25) is 0 Å². The van der Waals surface area contributed by atoms with Gasteiger partial charge < -0.3 is 19.7 Å². The summed E-state index contributed by atoms with van der Waals surface area (Å²) in [4.78, 5) is 4.98. The average molecular weight is 250 g/mol. The number of piperazine rings is 1. The fourth-order valence-electron chi connectivity index (χ4n) is 2.40. The van der Waals surface area contributed by atoms with Crippen molar-refractivity contribution in [2.45, 2.75) is 13.0 Å². The highest BCUT2D eigenvalue weighted by Crippen LogP contribution is 2.00. The van der Waals surface area contributed by atoms with Crippen LogP contribution in [0.2, 0.25) is 0 Å². The molecule has 1 aromatic rings. The predicted octanol–water partition coefficient (Wildman–Crippen LogP) is 0.752. The van der Waals surface area contributed by atoms with Crippen molar-refractivity contribution in [3.8, 4) is 0 Å². The van der Waals surface area contributed by atoms with E-state index < -0.39 is 0 Å². The number of rotatable bonds is 6. The van der Waals surface area contributed by atoms with Crippen LogP contribution in [-0.2, 0) is 13.6 Å². The van der Waals surface area contributed by atoms with Crippen LogP contribution in [0, 0.1) is 0 Å². The average Bonchev–Trinajstić information content (AvgIpc) is 2.77. The minimum Gasteiger partial charge on any atom is -0.353 e. The lowest BCUT2D eigenvalue weighted by molar-refractivity contribution is 0.152. The van der Waals surface area contributed by atoms with Crippen molar-refractivity contribution in [1.29, 1.82) is 0 Å². The quantitative estimate of drug-likeness (QED) is 0.754. The van der Waals surface area contributed by atoms with Crippen molar-refractivity contribution >= 4 is 0 Å². The Bertz CT molecular complexity index is 339. The third-order valence-electron chi connectivity index (χ3n) is 3.78. The second-order valence-corrected chi connectivity index (χ2v) is 5.29. The molecule has 0 bridgehead atoms. The van der Waals surface area contributed by atoms with Crippen LogP contribution < -0.4 is 5.32 Å². The second kappa shape index (κ2) is 6.92. The molecular weight excluding hydrogens is 224 g/mol. The van der Waals surface area contributed by atoms with Gasteiger partial charge >= 0.3 is 0 Å². The molecule has 4 heteroatoms. The monoisotopic (exact) mass is 250 g/mol. The lowest BCUT2D eigenvalue weighted by Gasteiger charge is -2.32. The van der Waals surface area contributed by atoms with E-state index in [0.29, 0.717) is 0 Å². The lowest BCUT2D eigenvalue weighted by atomic mass is 10.3. The first-order valence-corrected chi connectivity index (χ1v) is 6.97. The number of hydrogen-bond donors (Lipinski definition) is 1. The Kier molecular flexibility index (Phi) is 5.23. The molecule has 1 N–H and O–H groups in total. The van der Waals surface area contributed by atoms with Crippen molar-refractivity contribution in [3.05, 3.63) is 24.0 Å². The van der Waals surface area contributed by atoms with E-state index in [4.69, 9.17) is 0 Å². The zero-order valence-corrected chi connectivity index (χ0v) is 11.7. The molecule has 0 aliphatic carbocycles. The number of nitrogens with zero attached hydrogens (tertiary/aromatic N) is 3. The van der Waals surface area contributed by atoms with Gasteiger partial charge in [-0.2, -0.15) is 0 Å². The van der Waals surface area contributed by atoms with Gasteiger partial charge in [0.2, 0.25) is 0 Å². The van der Waals surface area contributed by atoms with Gasteiger partial charge in [-0.1, -0.05) is 0 Å². The number of likely N-dealkylation sites (N-methyl/N-ethyl adjacent to an activating group) is 1. The maximum absolute atomic E-state index is 3.52. The van der Waals surface area contributed by atoms with Crippen molar-refractivity contribution in [1.82, 2.24) is 19.7 Å². The minimum absolute atomic E-state index is 0.978. The van der Waals surface area contributed by atoms with Crippen LogP contribution in [-0.4, -0.2) is 60.7 Å². The normalized spacial score (nSPS) is 18.3. The Morgan fingerprint density at radius 3 is 2.61 bits per heavy atom. The third kappa shape index (κ3) is 4.12. The molecule has 0 amide bonds.